The minimum absolute atomic E-state index is 0. The Labute approximate surface area is 188 Å². The van der Waals surface area contributed by atoms with Crippen molar-refractivity contribution in [1.29, 1.82) is 0 Å². The Balaban J connectivity index is 0.00000300. The predicted molar refractivity (Wildman–Crippen MR) is 127 cm³/mol. The Hall–Kier alpha value is -2.49. The van der Waals surface area contributed by atoms with E-state index in [9.17, 15) is 9.90 Å². The number of phenols is 1. The van der Waals surface area contributed by atoms with Crippen molar-refractivity contribution in [2.24, 2.45) is 10.7 Å². The highest BCUT2D eigenvalue weighted by Crippen LogP contribution is 2.27. The van der Waals surface area contributed by atoms with Gasteiger partial charge in [0.15, 0.2) is 5.96 Å². The van der Waals surface area contributed by atoms with Gasteiger partial charge in [0.25, 0.3) is 0 Å². The summed E-state index contributed by atoms with van der Waals surface area (Å²) < 4.78 is 0. The molecule has 0 atom stereocenters. The zero-order chi connectivity index (χ0) is 19.9. The average Bonchev–Trinajstić information content (AvgIpc) is 2.72. The molecule has 0 unspecified atom stereocenters. The lowest BCUT2D eigenvalue weighted by molar-refractivity contribution is 0.100. The Morgan fingerprint density at radius 2 is 1.76 bits per heavy atom. The number of nitrogens with one attached hydrogen (secondary N) is 1. The minimum Gasteiger partial charge on any atom is -0.506 e. The highest BCUT2D eigenvalue weighted by Gasteiger charge is 2.21. The first kappa shape index (κ1) is 22.8. The number of hydrogen-bond donors (Lipinski definition) is 3. The molecule has 1 aliphatic heterocycles. The number of aliphatic imine (C=N–C) groups is 1. The van der Waals surface area contributed by atoms with Crippen LogP contribution in [0.3, 0.4) is 0 Å². The van der Waals surface area contributed by atoms with Gasteiger partial charge in [-0.1, -0.05) is 24.3 Å². The van der Waals surface area contributed by atoms with Crippen molar-refractivity contribution in [3.05, 3.63) is 59.7 Å². The quantitative estimate of drug-likeness (QED) is 0.327. The molecule has 2 aromatic carbocycles. The third-order valence-corrected chi connectivity index (χ3v) is 4.79. The van der Waals surface area contributed by atoms with Crippen molar-refractivity contribution in [2.75, 3.05) is 37.6 Å². The second-order valence-electron chi connectivity index (χ2n) is 6.69. The monoisotopic (exact) mass is 509 g/mol. The standard InChI is InChI=1S/C21H27N5O2.HI/c1-2-23-21(24-15-16-7-9-17(10-8-16)20(22)28)26-13-11-25(12-14-26)18-5-3-4-6-19(18)27;/h3-10,27H,2,11-15H2,1H3,(H2,22,28)(H,23,24);1H. The van der Waals surface area contributed by atoms with E-state index in [4.69, 9.17) is 10.7 Å². The zero-order valence-electron chi connectivity index (χ0n) is 16.5. The van der Waals surface area contributed by atoms with Crippen LogP contribution >= 0.6 is 24.0 Å². The number of benzene rings is 2. The third-order valence-electron chi connectivity index (χ3n) is 4.79. The van der Waals surface area contributed by atoms with Gasteiger partial charge in [-0.15, -0.1) is 24.0 Å². The van der Waals surface area contributed by atoms with Gasteiger partial charge in [0.2, 0.25) is 5.91 Å². The van der Waals surface area contributed by atoms with Crippen LogP contribution in [-0.2, 0) is 6.54 Å². The number of aromatic hydroxyl groups is 1. The number of nitrogens with two attached hydrogens (primary N) is 1. The van der Waals surface area contributed by atoms with Crippen molar-refractivity contribution in [3.63, 3.8) is 0 Å². The van der Waals surface area contributed by atoms with Crippen LogP contribution < -0.4 is 16.0 Å². The molecule has 0 spiro atoms. The van der Waals surface area contributed by atoms with Crippen LogP contribution in [0.4, 0.5) is 5.69 Å². The van der Waals surface area contributed by atoms with Gasteiger partial charge in [-0.2, -0.15) is 0 Å². The number of nitrogens with zero attached hydrogens (tertiary/aromatic N) is 3. The number of piperazine rings is 1. The van der Waals surface area contributed by atoms with E-state index in [0.29, 0.717) is 17.9 Å². The highest BCUT2D eigenvalue weighted by atomic mass is 127. The molecule has 3 rings (SSSR count). The van der Waals surface area contributed by atoms with E-state index in [1.807, 2.05) is 30.3 Å². The fraction of sp³-hybridized carbons (Fsp3) is 0.333. The number of primary amides is 1. The normalized spacial score (nSPS) is 14.3. The molecule has 8 heteroatoms. The van der Waals surface area contributed by atoms with Crippen LogP contribution in [0.15, 0.2) is 53.5 Å². The molecule has 0 radical (unpaired) electrons. The van der Waals surface area contributed by atoms with Crippen LogP contribution in [0.2, 0.25) is 0 Å². The van der Waals surface area contributed by atoms with E-state index in [-0.39, 0.29) is 24.0 Å². The fourth-order valence-electron chi connectivity index (χ4n) is 3.26. The summed E-state index contributed by atoms with van der Waals surface area (Å²) in [7, 11) is 0. The van der Waals surface area contributed by atoms with Gasteiger partial charge in [0, 0.05) is 38.3 Å². The summed E-state index contributed by atoms with van der Waals surface area (Å²) in [4.78, 5) is 20.3. The molecule has 1 saturated heterocycles. The molecule has 1 fully saturated rings. The fourth-order valence-corrected chi connectivity index (χ4v) is 3.26. The molecule has 156 valence electrons. The Bertz CT molecular complexity index is 833. The summed E-state index contributed by atoms with van der Waals surface area (Å²) in [5, 5.41) is 13.4. The van der Waals surface area contributed by atoms with E-state index >= 15 is 0 Å². The van der Waals surface area contributed by atoms with Crippen molar-refractivity contribution in [3.8, 4) is 5.75 Å². The van der Waals surface area contributed by atoms with Crippen LogP contribution in [0.25, 0.3) is 0 Å². The molecule has 2 aromatic rings. The lowest BCUT2D eigenvalue weighted by Gasteiger charge is -2.37. The van der Waals surface area contributed by atoms with E-state index in [1.54, 1.807) is 18.2 Å². The predicted octanol–water partition coefficient (Wildman–Crippen LogP) is 2.40. The number of halogens is 1. The molecule has 29 heavy (non-hydrogen) atoms. The first-order chi connectivity index (χ1) is 13.6. The molecule has 0 aliphatic carbocycles. The van der Waals surface area contributed by atoms with Crippen molar-refractivity contribution in [2.45, 2.75) is 13.5 Å². The minimum atomic E-state index is -0.425. The molecule has 4 N–H and O–H groups in total. The van der Waals surface area contributed by atoms with Crippen LogP contribution in [0.5, 0.6) is 5.75 Å². The Morgan fingerprint density at radius 1 is 1.10 bits per heavy atom. The number of guanidine groups is 1. The SMILES string of the molecule is CCNC(=NCc1ccc(C(N)=O)cc1)N1CCN(c2ccccc2O)CC1.I. The number of hydrogen-bond acceptors (Lipinski definition) is 4. The maximum Gasteiger partial charge on any atom is 0.248 e. The van der Waals surface area contributed by atoms with Crippen molar-refractivity contribution < 1.29 is 9.90 Å². The number of para-hydroxylation sites is 2. The summed E-state index contributed by atoms with van der Waals surface area (Å²) in [6.07, 6.45) is 0. The van der Waals surface area contributed by atoms with Crippen LogP contribution in [-0.4, -0.2) is 54.6 Å². The lowest BCUT2D eigenvalue weighted by Crippen LogP contribution is -2.52. The van der Waals surface area contributed by atoms with E-state index < -0.39 is 5.91 Å². The number of carbonyl (C=O) groups is 1. The van der Waals surface area contributed by atoms with Gasteiger partial charge < -0.3 is 26.0 Å². The Morgan fingerprint density at radius 3 is 2.34 bits per heavy atom. The van der Waals surface area contributed by atoms with Crippen molar-refractivity contribution in [1.82, 2.24) is 10.2 Å². The molecule has 1 aliphatic rings. The van der Waals surface area contributed by atoms with Gasteiger partial charge in [-0.05, 0) is 36.8 Å². The number of phenolic OH excluding ortho intramolecular Hbond substituents is 1. The van der Waals surface area contributed by atoms with Crippen molar-refractivity contribution >= 4 is 41.5 Å². The summed E-state index contributed by atoms with van der Waals surface area (Å²) in [6.45, 7) is 6.64. The molecule has 0 saturated carbocycles. The maximum absolute atomic E-state index is 11.2. The van der Waals surface area contributed by atoms with E-state index in [2.05, 4.69) is 22.0 Å². The van der Waals surface area contributed by atoms with Crippen LogP contribution in [0.1, 0.15) is 22.8 Å². The largest absolute Gasteiger partial charge is 0.506 e. The van der Waals surface area contributed by atoms with Crippen LogP contribution in [0, 0.1) is 0 Å². The second-order valence-corrected chi connectivity index (χ2v) is 6.69. The zero-order valence-corrected chi connectivity index (χ0v) is 18.9. The number of rotatable bonds is 5. The first-order valence-corrected chi connectivity index (χ1v) is 9.53. The number of anilines is 1. The topological polar surface area (TPSA) is 94.2 Å². The summed E-state index contributed by atoms with van der Waals surface area (Å²) in [6, 6.07) is 14.7. The summed E-state index contributed by atoms with van der Waals surface area (Å²) >= 11 is 0. The van der Waals surface area contributed by atoms with Gasteiger partial charge in [0.05, 0.1) is 12.2 Å². The number of amides is 1. The second kappa shape index (κ2) is 10.9. The third kappa shape index (κ3) is 5.99. The highest BCUT2D eigenvalue weighted by molar-refractivity contribution is 14.0. The summed E-state index contributed by atoms with van der Waals surface area (Å²) in [5.74, 6) is 0.764. The smallest absolute Gasteiger partial charge is 0.248 e. The van der Waals surface area contributed by atoms with E-state index in [0.717, 1.165) is 49.9 Å². The average molecular weight is 509 g/mol. The molecule has 0 bridgehead atoms. The Kier molecular flexibility index (Phi) is 8.56. The molecule has 7 nitrogen and oxygen atoms in total. The molecule has 1 heterocycles. The molecular formula is C21H28IN5O2. The lowest BCUT2D eigenvalue weighted by atomic mass is 10.1. The first-order valence-electron chi connectivity index (χ1n) is 9.53. The molecule has 1 amide bonds. The number of carbonyl (C=O) groups excluding carboxylic acids is 1. The molecular weight excluding hydrogens is 481 g/mol. The van der Waals surface area contributed by atoms with Gasteiger partial charge in [-0.3, -0.25) is 4.79 Å². The maximum atomic E-state index is 11.2. The van der Waals surface area contributed by atoms with E-state index in [1.165, 1.54) is 0 Å². The van der Waals surface area contributed by atoms with Gasteiger partial charge in [0.1, 0.15) is 5.75 Å². The molecule has 0 aromatic heterocycles. The summed E-state index contributed by atoms with van der Waals surface area (Å²) in [5.41, 5.74) is 7.68. The van der Waals surface area contributed by atoms with Gasteiger partial charge >= 0.3 is 0 Å². The van der Waals surface area contributed by atoms with Gasteiger partial charge in [-0.25, -0.2) is 4.99 Å².